The molecule has 1 atom stereocenters. The van der Waals surface area contributed by atoms with Crippen molar-refractivity contribution in [2.45, 2.75) is 13.0 Å². The second-order valence-electron chi connectivity index (χ2n) is 1.80. The predicted octanol–water partition coefficient (Wildman–Crippen LogP) is 1.35. The van der Waals surface area contributed by atoms with E-state index >= 15 is 0 Å². The number of dihydropyridines is 1. The number of nitrogens with one attached hydrogen (secondary N) is 1. The molecule has 1 unspecified atom stereocenters. The molecule has 0 radical (unpaired) electrons. The molecule has 8 heavy (non-hydrogen) atoms. The molecule has 0 fully saturated rings. The first-order valence-corrected chi connectivity index (χ1v) is 2.59. The van der Waals surface area contributed by atoms with Crippen LogP contribution in [0.25, 0.3) is 0 Å². The Balaban J connectivity index is 2.66. The van der Waals surface area contributed by atoms with Crippen LogP contribution in [-0.4, -0.2) is 6.04 Å². The molecule has 1 nitrogen and oxygen atoms in total. The highest BCUT2D eigenvalue weighted by atomic mass is 19.1. The van der Waals surface area contributed by atoms with Gasteiger partial charge in [0.2, 0.25) is 0 Å². The quantitative estimate of drug-likeness (QED) is 0.500. The third-order valence-electron chi connectivity index (χ3n) is 1.11. The predicted molar refractivity (Wildman–Crippen MR) is 30.9 cm³/mol. The Hall–Kier alpha value is -0.790. The minimum Gasteiger partial charge on any atom is -0.382 e. The van der Waals surface area contributed by atoms with Crippen molar-refractivity contribution in [1.29, 1.82) is 0 Å². The van der Waals surface area contributed by atoms with E-state index in [1.54, 1.807) is 19.2 Å². The maximum atomic E-state index is 12.3. The summed E-state index contributed by atoms with van der Waals surface area (Å²) < 4.78 is 12.3. The van der Waals surface area contributed by atoms with Gasteiger partial charge in [-0.3, -0.25) is 0 Å². The van der Waals surface area contributed by atoms with Crippen LogP contribution in [0.3, 0.4) is 0 Å². The minimum atomic E-state index is -0.139. The number of hydrogen-bond donors (Lipinski definition) is 1. The van der Waals surface area contributed by atoms with Gasteiger partial charge in [-0.05, 0) is 25.3 Å². The van der Waals surface area contributed by atoms with Crippen molar-refractivity contribution in [3.05, 3.63) is 24.2 Å². The van der Waals surface area contributed by atoms with Gasteiger partial charge < -0.3 is 5.32 Å². The van der Waals surface area contributed by atoms with Crippen molar-refractivity contribution in [2.24, 2.45) is 0 Å². The highest BCUT2D eigenvalue weighted by Gasteiger charge is 2.05. The minimum absolute atomic E-state index is 0.104. The van der Waals surface area contributed by atoms with Crippen LogP contribution in [-0.2, 0) is 0 Å². The maximum absolute atomic E-state index is 12.3. The molecule has 1 rings (SSSR count). The van der Waals surface area contributed by atoms with Gasteiger partial charge in [-0.25, -0.2) is 4.39 Å². The monoisotopic (exact) mass is 113 g/mol. The molecule has 1 N–H and O–H groups in total. The van der Waals surface area contributed by atoms with Crippen molar-refractivity contribution in [3.8, 4) is 0 Å². The van der Waals surface area contributed by atoms with Crippen molar-refractivity contribution in [2.75, 3.05) is 0 Å². The molecule has 0 amide bonds. The van der Waals surface area contributed by atoms with Gasteiger partial charge in [-0.2, -0.15) is 0 Å². The highest BCUT2D eigenvalue weighted by Crippen LogP contribution is 2.06. The van der Waals surface area contributed by atoms with Gasteiger partial charge in [0, 0.05) is 0 Å². The zero-order valence-electron chi connectivity index (χ0n) is 4.69. The maximum Gasteiger partial charge on any atom is 0.122 e. The molecule has 2 heteroatoms. The standard InChI is InChI=1S/C6H8FN/c1-5-6(7)3-2-4-8-5/h2-5,8H,1H3. The smallest absolute Gasteiger partial charge is 0.122 e. The highest BCUT2D eigenvalue weighted by molar-refractivity contribution is 5.16. The van der Waals surface area contributed by atoms with Gasteiger partial charge in [-0.1, -0.05) is 0 Å². The summed E-state index contributed by atoms with van der Waals surface area (Å²) in [6, 6.07) is -0.139. The molecule has 0 saturated carbocycles. The summed E-state index contributed by atoms with van der Waals surface area (Å²) in [6.45, 7) is 1.77. The number of allylic oxidation sites excluding steroid dienone is 2. The topological polar surface area (TPSA) is 12.0 Å². The first-order chi connectivity index (χ1) is 3.80. The molecule has 44 valence electrons. The van der Waals surface area contributed by atoms with Gasteiger partial charge >= 0.3 is 0 Å². The Morgan fingerprint density at radius 3 is 2.88 bits per heavy atom. The van der Waals surface area contributed by atoms with Gasteiger partial charge in [0.15, 0.2) is 0 Å². The van der Waals surface area contributed by atoms with Crippen molar-refractivity contribution >= 4 is 0 Å². The fraction of sp³-hybridized carbons (Fsp3) is 0.333. The van der Waals surface area contributed by atoms with Crippen LogP contribution in [0.15, 0.2) is 24.2 Å². The van der Waals surface area contributed by atoms with Crippen LogP contribution < -0.4 is 5.32 Å². The summed E-state index contributed by atoms with van der Waals surface area (Å²) in [7, 11) is 0. The van der Waals surface area contributed by atoms with E-state index < -0.39 is 0 Å². The van der Waals surface area contributed by atoms with E-state index in [4.69, 9.17) is 0 Å². The molecule has 1 aliphatic heterocycles. The van der Waals surface area contributed by atoms with E-state index in [-0.39, 0.29) is 11.9 Å². The molecule has 0 aromatic carbocycles. The lowest BCUT2D eigenvalue weighted by atomic mass is 10.2. The molecular weight excluding hydrogens is 105 g/mol. The van der Waals surface area contributed by atoms with E-state index in [1.807, 2.05) is 0 Å². The molecule has 1 aliphatic rings. The Morgan fingerprint density at radius 1 is 1.75 bits per heavy atom. The van der Waals surface area contributed by atoms with E-state index in [2.05, 4.69) is 5.32 Å². The van der Waals surface area contributed by atoms with E-state index in [0.29, 0.717) is 0 Å². The lowest BCUT2D eigenvalue weighted by Gasteiger charge is -2.11. The SMILES string of the molecule is CC1NC=CC=C1F. The summed E-state index contributed by atoms with van der Waals surface area (Å²) in [5.41, 5.74) is 0. The third-order valence-corrected chi connectivity index (χ3v) is 1.11. The van der Waals surface area contributed by atoms with Gasteiger partial charge in [0.25, 0.3) is 0 Å². The Kier molecular flexibility index (Phi) is 1.33. The van der Waals surface area contributed by atoms with E-state index in [1.165, 1.54) is 6.08 Å². The molecule has 0 bridgehead atoms. The first-order valence-electron chi connectivity index (χ1n) is 2.59. The number of hydrogen-bond acceptors (Lipinski definition) is 1. The van der Waals surface area contributed by atoms with Crippen molar-refractivity contribution < 1.29 is 4.39 Å². The molecule has 0 saturated heterocycles. The molecular formula is C6H8FN. The zero-order chi connectivity index (χ0) is 5.98. The Morgan fingerprint density at radius 2 is 2.50 bits per heavy atom. The Labute approximate surface area is 47.9 Å². The van der Waals surface area contributed by atoms with Gasteiger partial charge in [0.05, 0.1) is 6.04 Å². The van der Waals surface area contributed by atoms with Crippen LogP contribution in [0.4, 0.5) is 4.39 Å². The third kappa shape index (κ3) is 0.886. The summed E-state index contributed by atoms with van der Waals surface area (Å²) >= 11 is 0. The van der Waals surface area contributed by atoms with Gasteiger partial charge in [-0.15, -0.1) is 0 Å². The number of halogens is 1. The second-order valence-corrected chi connectivity index (χ2v) is 1.80. The van der Waals surface area contributed by atoms with E-state index in [0.717, 1.165) is 0 Å². The lowest BCUT2D eigenvalue weighted by Crippen LogP contribution is -2.22. The normalized spacial score (nSPS) is 26.8. The average Bonchev–Trinajstić information content (AvgIpc) is 1.77. The summed E-state index contributed by atoms with van der Waals surface area (Å²) in [5, 5.41) is 2.81. The van der Waals surface area contributed by atoms with Crippen LogP contribution in [0.1, 0.15) is 6.92 Å². The van der Waals surface area contributed by atoms with Crippen molar-refractivity contribution in [1.82, 2.24) is 5.32 Å². The first kappa shape index (κ1) is 5.35. The molecule has 0 spiro atoms. The fourth-order valence-corrected chi connectivity index (χ4v) is 0.564. The summed E-state index contributed by atoms with van der Waals surface area (Å²) in [5.74, 6) is -0.104. The molecule has 1 heterocycles. The van der Waals surface area contributed by atoms with Crippen LogP contribution in [0.2, 0.25) is 0 Å². The van der Waals surface area contributed by atoms with Crippen LogP contribution in [0.5, 0.6) is 0 Å². The molecule has 0 aliphatic carbocycles. The Bertz CT molecular complexity index is 137. The van der Waals surface area contributed by atoms with E-state index in [9.17, 15) is 4.39 Å². The van der Waals surface area contributed by atoms with Crippen molar-refractivity contribution in [3.63, 3.8) is 0 Å². The molecule has 0 aromatic heterocycles. The van der Waals surface area contributed by atoms with Crippen LogP contribution >= 0.6 is 0 Å². The molecule has 0 aromatic rings. The number of rotatable bonds is 0. The zero-order valence-corrected chi connectivity index (χ0v) is 4.69. The second kappa shape index (κ2) is 1.99. The average molecular weight is 113 g/mol. The van der Waals surface area contributed by atoms with Crippen LogP contribution in [0, 0.1) is 0 Å². The van der Waals surface area contributed by atoms with Gasteiger partial charge in [0.1, 0.15) is 5.83 Å². The summed E-state index contributed by atoms with van der Waals surface area (Å²) in [6.07, 6.45) is 4.84. The fourth-order valence-electron chi connectivity index (χ4n) is 0.564. The lowest BCUT2D eigenvalue weighted by molar-refractivity contribution is 0.520. The summed E-state index contributed by atoms with van der Waals surface area (Å²) in [4.78, 5) is 0. The largest absolute Gasteiger partial charge is 0.382 e.